The Bertz CT molecular complexity index is 579. The zero-order valence-corrected chi connectivity index (χ0v) is 13.4. The number of nitrogens with zero attached hydrogens (tertiary/aromatic N) is 1. The van der Waals surface area contributed by atoms with Crippen molar-refractivity contribution in [2.45, 2.75) is 51.0 Å². The lowest BCUT2D eigenvalue weighted by molar-refractivity contribution is -0.126. The van der Waals surface area contributed by atoms with Gasteiger partial charge in [0.2, 0.25) is 5.91 Å². The second-order valence-corrected chi connectivity index (χ2v) is 6.59. The molecule has 3 nitrogen and oxygen atoms in total. The predicted octanol–water partition coefficient (Wildman–Crippen LogP) is 3.73. The fraction of sp³-hybridized carbons (Fsp3) is 0.526. The van der Waals surface area contributed by atoms with Gasteiger partial charge in [-0.1, -0.05) is 56.5 Å². The van der Waals surface area contributed by atoms with E-state index in [2.05, 4.69) is 42.2 Å². The molecule has 0 spiro atoms. The quantitative estimate of drug-likeness (QED) is 0.920. The lowest BCUT2D eigenvalue weighted by Crippen LogP contribution is -2.64. The zero-order chi connectivity index (χ0) is 15.6. The highest BCUT2D eigenvalue weighted by Crippen LogP contribution is 2.44. The maximum Gasteiger partial charge on any atom is 0.243 e. The molecule has 0 aromatic heterocycles. The van der Waals surface area contributed by atoms with E-state index in [4.69, 9.17) is 5.73 Å². The third-order valence-corrected chi connectivity index (χ3v) is 5.39. The van der Waals surface area contributed by atoms with E-state index in [1.54, 1.807) is 0 Å². The molecular formula is C19H26N2O. The number of hydrogen-bond acceptors (Lipinski definition) is 2. The highest BCUT2D eigenvalue weighted by atomic mass is 16.1. The van der Waals surface area contributed by atoms with Crippen LogP contribution in [-0.2, 0) is 4.79 Å². The lowest BCUT2D eigenvalue weighted by atomic mass is 9.68. The molecule has 0 bridgehead atoms. The molecule has 0 saturated heterocycles. The smallest absolute Gasteiger partial charge is 0.243 e. The number of benzene rings is 1. The van der Waals surface area contributed by atoms with Gasteiger partial charge in [0.15, 0.2) is 0 Å². The Morgan fingerprint density at radius 2 is 2.18 bits per heavy atom. The number of carbonyl (C=O) groups excluding carboxylic acids is 1. The van der Waals surface area contributed by atoms with Gasteiger partial charge in [0.05, 0.1) is 0 Å². The van der Waals surface area contributed by atoms with Crippen molar-refractivity contribution in [3.63, 3.8) is 0 Å². The van der Waals surface area contributed by atoms with Crippen LogP contribution in [0.5, 0.6) is 0 Å². The summed E-state index contributed by atoms with van der Waals surface area (Å²) >= 11 is 0. The van der Waals surface area contributed by atoms with Crippen molar-refractivity contribution >= 4 is 17.7 Å². The summed E-state index contributed by atoms with van der Waals surface area (Å²) in [5.41, 5.74) is 7.84. The SMILES string of the molecule is CCCC1CCCCC1(C(N)=O)N1CC=Cc2ccccc21. The molecule has 1 aromatic carbocycles. The summed E-state index contributed by atoms with van der Waals surface area (Å²) in [4.78, 5) is 14.9. The van der Waals surface area contributed by atoms with Crippen LogP contribution in [0.3, 0.4) is 0 Å². The Morgan fingerprint density at radius 1 is 1.36 bits per heavy atom. The molecule has 1 aromatic rings. The van der Waals surface area contributed by atoms with Crippen LogP contribution in [0.2, 0.25) is 0 Å². The molecule has 3 heteroatoms. The topological polar surface area (TPSA) is 46.3 Å². The number of hydrogen-bond donors (Lipinski definition) is 1. The van der Waals surface area contributed by atoms with Gasteiger partial charge >= 0.3 is 0 Å². The number of carbonyl (C=O) groups is 1. The normalized spacial score (nSPS) is 27.5. The Kier molecular flexibility index (Phi) is 4.23. The van der Waals surface area contributed by atoms with Crippen molar-refractivity contribution in [1.29, 1.82) is 0 Å². The zero-order valence-electron chi connectivity index (χ0n) is 13.4. The average molecular weight is 298 g/mol. The fourth-order valence-electron chi connectivity index (χ4n) is 4.41. The second-order valence-electron chi connectivity index (χ2n) is 6.59. The predicted molar refractivity (Wildman–Crippen MR) is 91.6 cm³/mol. The molecule has 3 rings (SSSR count). The van der Waals surface area contributed by atoms with Gasteiger partial charge in [-0.15, -0.1) is 0 Å². The standard InChI is InChI=1S/C19H26N2O/c1-2-8-16-11-5-6-13-19(16,18(20)22)21-14-7-10-15-9-3-4-12-17(15)21/h3-4,7,9-10,12,16H,2,5-6,8,11,13-14H2,1H3,(H2,20,22). The Balaban J connectivity index is 2.07. The van der Waals surface area contributed by atoms with E-state index in [9.17, 15) is 4.79 Å². The molecule has 0 radical (unpaired) electrons. The highest BCUT2D eigenvalue weighted by Gasteiger charge is 2.50. The molecule has 2 atom stereocenters. The first-order chi connectivity index (χ1) is 10.7. The Morgan fingerprint density at radius 3 is 2.95 bits per heavy atom. The van der Waals surface area contributed by atoms with Crippen molar-refractivity contribution in [3.8, 4) is 0 Å². The molecule has 118 valence electrons. The number of fused-ring (bicyclic) bond motifs is 1. The minimum absolute atomic E-state index is 0.143. The molecule has 1 saturated carbocycles. The monoisotopic (exact) mass is 298 g/mol. The van der Waals surface area contributed by atoms with Crippen LogP contribution < -0.4 is 10.6 Å². The Labute approximate surface area is 133 Å². The van der Waals surface area contributed by atoms with Crippen LogP contribution in [0.1, 0.15) is 51.0 Å². The summed E-state index contributed by atoms with van der Waals surface area (Å²) in [6.45, 7) is 2.98. The van der Waals surface area contributed by atoms with Crippen molar-refractivity contribution in [3.05, 3.63) is 35.9 Å². The van der Waals surface area contributed by atoms with Gasteiger partial charge in [-0.3, -0.25) is 4.79 Å². The molecule has 1 heterocycles. The number of primary amides is 1. The second kappa shape index (κ2) is 6.15. The molecular weight excluding hydrogens is 272 g/mol. The first-order valence-corrected chi connectivity index (χ1v) is 8.53. The van der Waals surface area contributed by atoms with E-state index < -0.39 is 5.54 Å². The van der Waals surface area contributed by atoms with Crippen LogP contribution in [0.25, 0.3) is 6.08 Å². The summed E-state index contributed by atoms with van der Waals surface area (Å²) in [5, 5.41) is 0. The number of anilines is 1. The van der Waals surface area contributed by atoms with Crippen LogP contribution in [0.4, 0.5) is 5.69 Å². The minimum atomic E-state index is -0.519. The third kappa shape index (κ3) is 2.33. The van der Waals surface area contributed by atoms with Crippen molar-refractivity contribution < 1.29 is 4.79 Å². The highest BCUT2D eigenvalue weighted by molar-refractivity contribution is 5.91. The molecule has 1 aliphatic carbocycles. The molecule has 2 aliphatic rings. The molecule has 1 fully saturated rings. The number of para-hydroxylation sites is 1. The van der Waals surface area contributed by atoms with E-state index in [0.717, 1.165) is 44.3 Å². The van der Waals surface area contributed by atoms with Gasteiger partial charge in [-0.25, -0.2) is 0 Å². The number of rotatable bonds is 4. The van der Waals surface area contributed by atoms with E-state index in [0.29, 0.717) is 5.92 Å². The molecule has 22 heavy (non-hydrogen) atoms. The summed E-state index contributed by atoms with van der Waals surface area (Å²) < 4.78 is 0. The summed E-state index contributed by atoms with van der Waals surface area (Å²) in [6, 6.07) is 8.34. The number of amides is 1. The number of nitrogens with two attached hydrogens (primary N) is 1. The Hall–Kier alpha value is -1.77. The first kappa shape index (κ1) is 15.1. The molecule has 2 N–H and O–H groups in total. The maximum atomic E-state index is 12.6. The van der Waals surface area contributed by atoms with Crippen LogP contribution in [0, 0.1) is 5.92 Å². The van der Waals surface area contributed by atoms with Crippen LogP contribution in [-0.4, -0.2) is 18.0 Å². The van der Waals surface area contributed by atoms with Crippen molar-refractivity contribution in [2.24, 2.45) is 11.7 Å². The van der Waals surface area contributed by atoms with E-state index in [-0.39, 0.29) is 5.91 Å². The van der Waals surface area contributed by atoms with Crippen LogP contribution >= 0.6 is 0 Å². The van der Waals surface area contributed by atoms with Crippen molar-refractivity contribution in [1.82, 2.24) is 0 Å². The molecule has 1 amide bonds. The maximum absolute atomic E-state index is 12.6. The van der Waals surface area contributed by atoms with E-state index >= 15 is 0 Å². The van der Waals surface area contributed by atoms with Gasteiger partial charge in [0.25, 0.3) is 0 Å². The largest absolute Gasteiger partial charge is 0.368 e. The average Bonchev–Trinajstić information content (AvgIpc) is 2.55. The van der Waals surface area contributed by atoms with Gasteiger partial charge in [-0.05, 0) is 36.8 Å². The van der Waals surface area contributed by atoms with Gasteiger partial charge in [0, 0.05) is 12.2 Å². The first-order valence-electron chi connectivity index (χ1n) is 8.53. The van der Waals surface area contributed by atoms with Gasteiger partial charge < -0.3 is 10.6 Å². The minimum Gasteiger partial charge on any atom is -0.368 e. The summed E-state index contributed by atoms with van der Waals surface area (Å²) in [5.74, 6) is 0.221. The summed E-state index contributed by atoms with van der Waals surface area (Å²) in [7, 11) is 0. The van der Waals surface area contributed by atoms with E-state index in [1.165, 1.54) is 12.0 Å². The third-order valence-electron chi connectivity index (χ3n) is 5.39. The fourth-order valence-corrected chi connectivity index (χ4v) is 4.41. The van der Waals surface area contributed by atoms with Gasteiger partial charge in [-0.2, -0.15) is 0 Å². The van der Waals surface area contributed by atoms with Gasteiger partial charge in [0.1, 0.15) is 5.54 Å². The van der Waals surface area contributed by atoms with Crippen molar-refractivity contribution in [2.75, 3.05) is 11.4 Å². The van der Waals surface area contributed by atoms with Crippen LogP contribution in [0.15, 0.2) is 30.3 Å². The molecule has 1 aliphatic heterocycles. The molecule has 2 unspecified atom stereocenters. The lowest BCUT2D eigenvalue weighted by Gasteiger charge is -2.51. The summed E-state index contributed by atoms with van der Waals surface area (Å²) in [6.07, 6.45) is 10.8. The van der Waals surface area contributed by atoms with E-state index in [1.807, 2.05) is 6.07 Å².